The standard InChI is InChI=1S/C16H29N5/c1-13(2)9-21-15(17-12-19-21)10-20-11-16(6-4-5-7-16)18-8-14(20)3/h12-14,18H,4-11H2,1-3H3. The Balaban J connectivity index is 1.69. The van der Waals surface area contributed by atoms with Gasteiger partial charge < -0.3 is 5.32 Å². The van der Waals surface area contributed by atoms with Gasteiger partial charge in [-0.3, -0.25) is 4.90 Å². The topological polar surface area (TPSA) is 46.0 Å². The van der Waals surface area contributed by atoms with Crippen molar-refractivity contribution in [2.45, 2.75) is 71.1 Å². The van der Waals surface area contributed by atoms with Gasteiger partial charge in [-0.05, 0) is 25.7 Å². The summed E-state index contributed by atoms with van der Waals surface area (Å²) < 4.78 is 2.08. The Bertz CT molecular complexity index is 461. The van der Waals surface area contributed by atoms with E-state index in [2.05, 4.69) is 45.8 Å². The predicted octanol–water partition coefficient (Wildman–Crippen LogP) is 2.04. The molecular weight excluding hydrogens is 262 g/mol. The maximum atomic E-state index is 4.50. The molecule has 0 bridgehead atoms. The lowest BCUT2D eigenvalue weighted by Crippen LogP contribution is -2.62. The van der Waals surface area contributed by atoms with Crippen LogP contribution in [0, 0.1) is 5.92 Å². The fourth-order valence-corrected chi connectivity index (χ4v) is 3.78. The van der Waals surface area contributed by atoms with Crippen LogP contribution in [0.5, 0.6) is 0 Å². The van der Waals surface area contributed by atoms with Gasteiger partial charge in [0.25, 0.3) is 0 Å². The summed E-state index contributed by atoms with van der Waals surface area (Å²) in [6, 6.07) is 0.570. The van der Waals surface area contributed by atoms with E-state index in [1.165, 1.54) is 25.7 Å². The summed E-state index contributed by atoms with van der Waals surface area (Å²) in [7, 11) is 0. The largest absolute Gasteiger partial charge is 0.308 e. The maximum Gasteiger partial charge on any atom is 0.141 e. The molecule has 2 fully saturated rings. The summed E-state index contributed by atoms with van der Waals surface area (Å²) in [5, 5.41) is 8.22. The summed E-state index contributed by atoms with van der Waals surface area (Å²) in [5.41, 5.74) is 0.370. The minimum absolute atomic E-state index is 0.370. The van der Waals surface area contributed by atoms with Crippen molar-refractivity contribution < 1.29 is 0 Å². The van der Waals surface area contributed by atoms with Gasteiger partial charge in [-0.2, -0.15) is 5.10 Å². The van der Waals surface area contributed by atoms with E-state index in [1.807, 2.05) is 0 Å². The molecule has 1 aliphatic carbocycles. The Morgan fingerprint density at radius 3 is 2.86 bits per heavy atom. The summed E-state index contributed by atoms with van der Waals surface area (Å²) >= 11 is 0. The molecule has 3 rings (SSSR count). The lowest BCUT2D eigenvalue weighted by Gasteiger charge is -2.45. The molecule has 2 heterocycles. The van der Waals surface area contributed by atoms with Gasteiger partial charge in [-0.1, -0.05) is 26.7 Å². The zero-order chi connectivity index (χ0) is 14.9. The minimum atomic E-state index is 0.370. The van der Waals surface area contributed by atoms with Crippen molar-refractivity contribution in [3.8, 4) is 0 Å². The first kappa shape index (κ1) is 15.0. The van der Waals surface area contributed by atoms with E-state index in [4.69, 9.17) is 0 Å². The zero-order valence-electron chi connectivity index (χ0n) is 13.7. The van der Waals surface area contributed by atoms with Gasteiger partial charge in [0.15, 0.2) is 0 Å². The monoisotopic (exact) mass is 291 g/mol. The molecule has 0 amide bonds. The minimum Gasteiger partial charge on any atom is -0.308 e. The van der Waals surface area contributed by atoms with Crippen LogP contribution in [0.2, 0.25) is 0 Å². The van der Waals surface area contributed by atoms with Gasteiger partial charge in [0, 0.05) is 31.2 Å². The molecule has 5 nitrogen and oxygen atoms in total. The van der Waals surface area contributed by atoms with Crippen molar-refractivity contribution in [3.63, 3.8) is 0 Å². The van der Waals surface area contributed by atoms with Crippen LogP contribution in [-0.2, 0) is 13.1 Å². The molecular formula is C16H29N5. The van der Waals surface area contributed by atoms with E-state index in [1.54, 1.807) is 6.33 Å². The fraction of sp³-hybridized carbons (Fsp3) is 0.875. The van der Waals surface area contributed by atoms with Crippen LogP contribution in [-0.4, -0.2) is 44.3 Å². The van der Waals surface area contributed by atoms with Gasteiger partial charge in [-0.25, -0.2) is 9.67 Å². The molecule has 0 aromatic carbocycles. The number of aromatic nitrogens is 3. The second-order valence-electron chi connectivity index (χ2n) is 7.37. The smallest absolute Gasteiger partial charge is 0.141 e. The van der Waals surface area contributed by atoms with E-state index < -0.39 is 0 Å². The van der Waals surface area contributed by atoms with Crippen molar-refractivity contribution in [1.82, 2.24) is 25.0 Å². The molecule has 118 valence electrons. The molecule has 2 aliphatic rings. The maximum absolute atomic E-state index is 4.50. The Morgan fingerprint density at radius 1 is 1.38 bits per heavy atom. The highest BCUT2D eigenvalue weighted by Gasteiger charge is 2.40. The Labute approximate surface area is 128 Å². The number of nitrogens with one attached hydrogen (secondary N) is 1. The van der Waals surface area contributed by atoms with Crippen molar-refractivity contribution >= 4 is 0 Å². The van der Waals surface area contributed by atoms with E-state index in [0.717, 1.165) is 32.0 Å². The van der Waals surface area contributed by atoms with Crippen LogP contribution in [0.25, 0.3) is 0 Å². The van der Waals surface area contributed by atoms with Crippen molar-refractivity contribution in [1.29, 1.82) is 0 Å². The van der Waals surface area contributed by atoms with Crippen LogP contribution in [0.4, 0.5) is 0 Å². The quantitative estimate of drug-likeness (QED) is 0.922. The molecule has 1 aromatic rings. The first-order chi connectivity index (χ1) is 10.1. The van der Waals surface area contributed by atoms with Crippen LogP contribution in [0.3, 0.4) is 0 Å². The average molecular weight is 291 g/mol. The predicted molar refractivity (Wildman–Crippen MR) is 83.9 cm³/mol. The normalized spacial score (nSPS) is 26.0. The van der Waals surface area contributed by atoms with Crippen molar-refractivity contribution in [2.24, 2.45) is 5.92 Å². The van der Waals surface area contributed by atoms with E-state index >= 15 is 0 Å². The molecule has 1 aromatic heterocycles. The second kappa shape index (κ2) is 6.05. The highest BCUT2D eigenvalue weighted by molar-refractivity contribution is 5.01. The number of hydrogen-bond donors (Lipinski definition) is 1. The molecule has 1 saturated heterocycles. The third kappa shape index (κ3) is 3.29. The Kier molecular flexibility index (Phi) is 4.31. The lowest BCUT2D eigenvalue weighted by atomic mass is 9.92. The average Bonchev–Trinajstić information content (AvgIpc) is 3.05. The molecule has 1 N–H and O–H groups in total. The number of hydrogen-bond acceptors (Lipinski definition) is 4. The van der Waals surface area contributed by atoms with E-state index in [9.17, 15) is 0 Å². The highest BCUT2D eigenvalue weighted by atomic mass is 15.4. The molecule has 1 aliphatic heterocycles. The molecule has 5 heteroatoms. The Morgan fingerprint density at radius 2 is 2.14 bits per heavy atom. The number of piperazine rings is 1. The third-order valence-electron chi connectivity index (χ3n) is 5.04. The van der Waals surface area contributed by atoms with Gasteiger partial charge in [0.2, 0.25) is 0 Å². The van der Waals surface area contributed by atoms with Gasteiger partial charge in [-0.15, -0.1) is 0 Å². The molecule has 1 atom stereocenters. The molecule has 1 spiro atoms. The summed E-state index contributed by atoms with van der Waals surface area (Å²) in [4.78, 5) is 7.10. The van der Waals surface area contributed by atoms with Crippen LogP contribution >= 0.6 is 0 Å². The van der Waals surface area contributed by atoms with Crippen molar-refractivity contribution in [3.05, 3.63) is 12.2 Å². The Hall–Kier alpha value is -0.940. The lowest BCUT2D eigenvalue weighted by molar-refractivity contribution is 0.0788. The summed E-state index contributed by atoms with van der Waals surface area (Å²) in [6.45, 7) is 10.9. The van der Waals surface area contributed by atoms with Gasteiger partial charge in [0.05, 0.1) is 6.54 Å². The van der Waals surface area contributed by atoms with Gasteiger partial charge in [0.1, 0.15) is 12.2 Å². The van der Waals surface area contributed by atoms with E-state index in [0.29, 0.717) is 17.5 Å². The van der Waals surface area contributed by atoms with Crippen LogP contribution in [0.1, 0.15) is 52.3 Å². The van der Waals surface area contributed by atoms with Gasteiger partial charge >= 0.3 is 0 Å². The van der Waals surface area contributed by atoms with Crippen LogP contribution in [0.15, 0.2) is 6.33 Å². The second-order valence-corrected chi connectivity index (χ2v) is 7.37. The molecule has 1 unspecified atom stereocenters. The SMILES string of the molecule is CC(C)Cn1ncnc1CN1CC2(CCCC2)NCC1C. The summed E-state index contributed by atoms with van der Waals surface area (Å²) in [6.07, 6.45) is 7.11. The third-order valence-corrected chi connectivity index (χ3v) is 5.04. The molecule has 0 radical (unpaired) electrons. The zero-order valence-corrected chi connectivity index (χ0v) is 13.7. The fourth-order valence-electron chi connectivity index (χ4n) is 3.78. The highest BCUT2D eigenvalue weighted by Crippen LogP contribution is 2.33. The number of rotatable bonds is 4. The van der Waals surface area contributed by atoms with Crippen molar-refractivity contribution in [2.75, 3.05) is 13.1 Å². The number of nitrogens with zero attached hydrogens (tertiary/aromatic N) is 4. The summed E-state index contributed by atoms with van der Waals surface area (Å²) in [5.74, 6) is 1.72. The molecule has 1 saturated carbocycles. The first-order valence-electron chi connectivity index (χ1n) is 8.44. The molecule has 21 heavy (non-hydrogen) atoms. The first-order valence-corrected chi connectivity index (χ1v) is 8.44. The van der Waals surface area contributed by atoms with Crippen LogP contribution < -0.4 is 5.32 Å². The van der Waals surface area contributed by atoms with E-state index in [-0.39, 0.29) is 0 Å².